The summed E-state index contributed by atoms with van der Waals surface area (Å²) in [6.45, 7) is 3.99. The first-order chi connectivity index (χ1) is 10.6. The molecule has 0 aliphatic rings. The summed E-state index contributed by atoms with van der Waals surface area (Å²) in [7, 11) is 0. The average molecular weight is 292 g/mol. The zero-order valence-electron chi connectivity index (χ0n) is 12.4. The molecule has 3 aromatic rings. The van der Waals surface area contributed by atoms with Crippen LogP contribution in [0.25, 0.3) is 5.69 Å². The van der Waals surface area contributed by atoms with Gasteiger partial charge in [0.05, 0.1) is 5.69 Å². The van der Waals surface area contributed by atoms with Gasteiger partial charge in [0.2, 0.25) is 5.82 Å². The number of anilines is 1. The number of aromatic nitrogens is 3. The van der Waals surface area contributed by atoms with Crippen molar-refractivity contribution in [2.75, 3.05) is 5.32 Å². The highest BCUT2D eigenvalue weighted by atomic mass is 16.2. The van der Waals surface area contributed by atoms with Gasteiger partial charge < -0.3 is 5.32 Å². The van der Waals surface area contributed by atoms with Crippen LogP contribution in [-0.4, -0.2) is 20.7 Å². The number of para-hydroxylation sites is 1. The quantitative estimate of drug-likeness (QED) is 0.806. The van der Waals surface area contributed by atoms with E-state index in [1.54, 1.807) is 11.0 Å². The van der Waals surface area contributed by atoms with Crippen molar-refractivity contribution < 1.29 is 4.79 Å². The molecule has 0 bridgehead atoms. The molecule has 0 saturated heterocycles. The summed E-state index contributed by atoms with van der Waals surface area (Å²) in [5.74, 6) is -0.181. The van der Waals surface area contributed by atoms with E-state index in [-0.39, 0.29) is 11.7 Å². The van der Waals surface area contributed by atoms with E-state index in [0.29, 0.717) is 0 Å². The maximum atomic E-state index is 12.2. The lowest BCUT2D eigenvalue weighted by molar-refractivity contribution is 0.101. The Hall–Kier alpha value is -2.95. The van der Waals surface area contributed by atoms with Gasteiger partial charge in [-0.1, -0.05) is 35.9 Å². The lowest BCUT2D eigenvalue weighted by Gasteiger charge is -2.04. The predicted octanol–water partition coefficient (Wildman–Crippen LogP) is 3.14. The van der Waals surface area contributed by atoms with Gasteiger partial charge in [-0.15, -0.1) is 5.10 Å². The molecule has 0 spiro atoms. The van der Waals surface area contributed by atoms with Crippen LogP contribution in [0, 0.1) is 13.8 Å². The number of nitrogens with one attached hydrogen (secondary N) is 1. The molecule has 5 nitrogen and oxygen atoms in total. The number of hydrogen-bond acceptors (Lipinski definition) is 3. The van der Waals surface area contributed by atoms with Crippen LogP contribution in [-0.2, 0) is 0 Å². The lowest BCUT2D eigenvalue weighted by atomic mass is 10.2. The average Bonchev–Trinajstić information content (AvgIpc) is 3.00. The maximum Gasteiger partial charge on any atom is 0.295 e. The van der Waals surface area contributed by atoms with E-state index >= 15 is 0 Å². The van der Waals surface area contributed by atoms with E-state index in [1.165, 1.54) is 0 Å². The fourth-order valence-electron chi connectivity index (χ4n) is 2.13. The van der Waals surface area contributed by atoms with Crippen LogP contribution in [0.2, 0.25) is 0 Å². The highest BCUT2D eigenvalue weighted by Gasteiger charge is 2.13. The predicted molar refractivity (Wildman–Crippen MR) is 85.2 cm³/mol. The third kappa shape index (κ3) is 2.88. The summed E-state index contributed by atoms with van der Waals surface area (Å²) < 4.78 is 1.61. The normalized spacial score (nSPS) is 10.5. The van der Waals surface area contributed by atoms with Crippen molar-refractivity contribution in [1.29, 1.82) is 0 Å². The number of aryl methyl sites for hydroxylation is 2. The summed E-state index contributed by atoms with van der Waals surface area (Å²) in [4.78, 5) is 16.3. The van der Waals surface area contributed by atoms with Crippen LogP contribution in [0.4, 0.5) is 5.69 Å². The Bertz CT molecular complexity index is 806. The van der Waals surface area contributed by atoms with E-state index in [1.807, 2.05) is 62.4 Å². The second-order valence-electron chi connectivity index (χ2n) is 5.12. The molecule has 110 valence electrons. The minimum atomic E-state index is -0.323. The zero-order chi connectivity index (χ0) is 15.5. The first kappa shape index (κ1) is 14.0. The maximum absolute atomic E-state index is 12.2. The molecule has 1 amide bonds. The second-order valence-corrected chi connectivity index (χ2v) is 5.12. The molecule has 0 unspecified atom stereocenters. The number of hydrogen-bond donors (Lipinski definition) is 1. The summed E-state index contributed by atoms with van der Waals surface area (Å²) >= 11 is 0. The zero-order valence-corrected chi connectivity index (χ0v) is 12.4. The van der Waals surface area contributed by atoms with Gasteiger partial charge in [0.15, 0.2) is 0 Å². The summed E-state index contributed by atoms with van der Waals surface area (Å²) in [5, 5.41) is 7.04. The van der Waals surface area contributed by atoms with Crippen molar-refractivity contribution >= 4 is 11.6 Å². The summed E-state index contributed by atoms with van der Waals surface area (Å²) in [6.07, 6.45) is 1.55. The summed E-state index contributed by atoms with van der Waals surface area (Å²) in [6, 6.07) is 15.4. The van der Waals surface area contributed by atoms with E-state index in [9.17, 15) is 4.79 Å². The Morgan fingerprint density at radius 3 is 2.50 bits per heavy atom. The minimum absolute atomic E-state index is 0.142. The van der Waals surface area contributed by atoms with Gasteiger partial charge in [0.25, 0.3) is 5.91 Å². The van der Waals surface area contributed by atoms with Gasteiger partial charge in [-0.05, 0) is 37.6 Å². The number of rotatable bonds is 3. The van der Waals surface area contributed by atoms with Crippen LogP contribution >= 0.6 is 0 Å². The number of carbonyl (C=O) groups is 1. The molecule has 0 aliphatic carbocycles. The third-order valence-electron chi connectivity index (χ3n) is 3.37. The first-order valence-corrected chi connectivity index (χ1v) is 6.99. The SMILES string of the molecule is Cc1ccc(NC(=O)c2ncn(-c3ccccc3C)n2)cc1. The monoisotopic (exact) mass is 292 g/mol. The van der Waals surface area contributed by atoms with Crippen molar-refractivity contribution in [3.8, 4) is 5.69 Å². The molecule has 0 atom stereocenters. The first-order valence-electron chi connectivity index (χ1n) is 6.99. The van der Waals surface area contributed by atoms with Crippen LogP contribution in [0.3, 0.4) is 0 Å². The molecule has 1 N–H and O–H groups in total. The summed E-state index contributed by atoms with van der Waals surface area (Å²) in [5.41, 5.74) is 3.84. The van der Waals surface area contributed by atoms with E-state index in [4.69, 9.17) is 0 Å². The number of nitrogens with zero attached hydrogens (tertiary/aromatic N) is 3. The van der Waals surface area contributed by atoms with Gasteiger partial charge in [0, 0.05) is 5.69 Å². The van der Waals surface area contributed by atoms with Crippen LogP contribution < -0.4 is 5.32 Å². The molecular formula is C17H16N4O. The Kier molecular flexibility index (Phi) is 3.70. The third-order valence-corrected chi connectivity index (χ3v) is 3.37. The smallest absolute Gasteiger partial charge is 0.295 e. The minimum Gasteiger partial charge on any atom is -0.319 e. The fraction of sp³-hybridized carbons (Fsp3) is 0.118. The molecule has 0 fully saturated rings. The molecule has 1 heterocycles. The van der Waals surface area contributed by atoms with Crippen molar-refractivity contribution in [2.45, 2.75) is 13.8 Å². The van der Waals surface area contributed by atoms with Gasteiger partial charge in [-0.3, -0.25) is 4.79 Å². The molecule has 0 saturated carbocycles. The fourth-order valence-corrected chi connectivity index (χ4v) is 2.13. The van der Waals surface area contributed by atoms with E-state index in [2.05, 4.69) is 15.4 Å². The van der Waals surface area contributed by atoms with Crippen molar-refractivity contribution in [3.05, 3.63) is 71.8 Å². The van der Waals surface area contributed by atoms with Crippen LogP contribution in [0.1, 0.15) is 21.7 Å². The number of carbonyl (C=O) groups excluding carboxylic acids is 1. The van der Waals surface area contributed by atoms with Crippen molar-refractivity contribution in [2.24, 2.45) is 0 Å². The van der Waals surface area contributed by atoms with Gasteiger partial charge in [-0.2, -0.15) is 0 Å². The largest absolute Gasteiger partial charge is 0.319 e. The van der Waals surface area contributed by atoms with Crippen LogP contribution in [0.15, 0.2) is 54.9 Å². The van der Waals surface area contributed by atoms with E-state index < -0.39 is 0 Å². The van der Waals surface area contributed by atoms with Crippen molar-refractivity contribution in [1.82, 2.24) is 14.8 Å². The second kappa shape index (κ2) is 5.81. The Labute approximate surface area is 128 Å². The Morgan fingerprint density at radius 2 is 1.77 bits per heavy atom. The highest BCUT2D eigenvalue weighted by molar-refractivity contribution is 6.01. The molecule has 0 aliphatic heterocycles. The Morgan fingerprint density at radius 1 is 1.05 bits per heavy atom. The van der Waals surface area contributed by atoms with Gasteiger partial charge in [-0.25, -0.2) is 9.67 Å². The molecule has 0 radical (unpaired) electrons. The highest BCUT2D eigenvalue weighted by Crippen LogP contribution is 2.13. The molecular weight excluding hydrogens is 276 g/mol. The van der Waals surface area contributed by atoms with E-state index in [0.717, 1.165) is 22.5 Å². The molecule has 1 aromatic heterocycles. The molecule has 5 heteroatoms. The lowest BCUT2D eigenvalue weighted by Crippen LogP contribution is -2.14. The standard InChI is InChI=1S/C17H16N4O/c1-12-7-9-14(10-8-12)19-17(22)16-18-11-21(20-16)15-6-4-3-5-13(15)2/h3-11H,1-2H3,(H,19,22). The number of benzene rings is 2. The Balaban J connectivity index is 1.80. The topological polar surface area (TPSA) is 59.8 Å². The van der Waals surface area contributed by atoms with Gasteiger partial charge in [0.1, 0.15) is 6.33 Å². The van der Waals surface area contributed by atoms with Crippen molar-refractivity contribution in [3.63, 3.8) is 0 Å². The molecule has 2 aromatic carbocycles. The van der Waals surface area contributed by atoms with Crippen LogP contribution in [0.5, 0.6) is 0 Å². The van der Waals surface area contributed by atoms with Gasteiger partial charge >= 0.3 is 0 Å². The molecule has 3 rings (SSSR count). The number of amides is 1. The molecule has 22 heavy (non-hydrogen) atoms.